The fourth-order valence-electron chi connectivity index (χ4n) is 9.31. The topological polar surface area (TPSA) is 64.7 Å². The summed E-state index contributed by atoms with van der Waals surface area (Å²) in [4.78, 5) is 20.1. The van der Waals surface area contributed by atoms with Crippen molar-refractivity contribution < 1.29 is 4.42 Å². The molecule has 298 valence electrons. The Morgan fingerprint density at radius 1 is 0.344 bits per heavy atom. The normalized spacial score (nSPS) is 11.8. The zero-order chi connectivity index (χ0) is 42.1. The molecular weight excluding hydrogens is 801 g/mol. The van der Waals surface area contributed by atoms with E-state index in [1.165, 1.54) is 47.5 Å². The molecule has 5 nitrogen and oxygen atoms in total. The Kier molecular flexibility index (Phi) is 8.32. The van der Waals surface area contributed by atoms with Gasteiger partial charge in [0.15, 0.2) is 17.5 Å². The van der Waals surface area contributed by atoms with Crippen LogP contribution in [-0.4, -0.2) is 19.9 Å². The molecule has 0 aliphatic rings. The number of hydrogen-bond acceptors (Lipinski definition) is 6. The lowest BCUT2D eigenvalue weighted by Crippen LogP contribution is -2.00. The van der Waals surface area contributed by atoms with Crippen molar-refractivity contribution in [3.05, 3.63) is 206 Å². The van der Waals surface area contributed by atoms with E-state index in [0.717, 1.165) is 66.5 Å². The molecular formula is C58H34N4OS. The minimum absolute atomic E-state index is 0.611. The van der Waals surface area contributed by atoms with E-state index in [0.29, 0.717) is 17.5 Å². The molecule has 0 saturated carbocycles. The zero-order valence-electron chi connectivity index (χ0n) is 34.2. The second-order valence-electron chi connectivity index (χ2n) is 16.1. The maximum absolute atomic E-state index is 6.67. The fraction of sp³-hybridized carbons (Fsp3) is 0. The molecule has 9 aromatic carbocycles. The van der Waals surface area contributed by atoms with Crippen molar-refractivity contribution in [3.8, 4) is 67.7 Å². The number of pyridine rings is 1. The van der Waals surface area contributed by atoms with Gasteiger partial charge in [0.1, 0.15) is 11.2 Å². The molecule has 0 unspecified atom stereocenters. The second-order valence-corrected chi connectivity index (χ2v) is 17.2. The molecule has 0 aliphatic heterocycles. The van der Waals surface area contributed by atoms with Crippen LogP contribution in [0.2, 0.25) is 0 Å². The second kappa shape index (κ2) is 14.7. The molecule has 0 N–H and O–H groups in total. The number of para-hydroxylation sites is 2. The number of rotatable bonds is 6. The van der Waals surface area contributed by atoms with Gasteiger partial charge in [-0.2, -0.15) is 0 Å². The van der Waals surface area contributed by atoms with Crippen LogP contribution in [-0.2, 0) is 0 Å². The summed E-state index contributed by atoms with van der Waals surface area (Å²) in [5.41, 5.74) is 12.1. The summed E-state index contributed by atoms with van der Waals surface area (Å²) >= 11 is 1.86. The first-order valence-electron chi connectivity index (χ1n) is 21.4. The summed E-state index contributed by atoms with van der Waals surface area (Å²) < 4.78 is 9.21. The van der Waals surface area contributed by atoms with E-state index in [1.54, 1.807) is 0 Å². The van der Waals surface area contributed by atoms with Gasteiger partial charge in [-0.15, -0.1) is 11.3 Å². The molecule has 6 heteroatoms. The number of hydrogen-bond donors (Lipinski definition) is 0. The van der Waals surface area contributed by atoms with Gasteiger partial charge >= 0.3 is 0 Å². The van der Waals surface area contributed by atoms with Crippen molar-refractivity contribution in [2.75, 3.05) is 0 Å². The molecule has 13 aromatic rings. The van der Waals surface area contributed by atoms with E-state index in [-0.39, 0.29) is 0 Å². The van der Waals surface area contributed by atoms with Gasteiger partial charge in [-0.3, -0.25) is 0 Å². The van der Waals surface area contributed by atoms with Crippen molar-refractivity contribution in [1.82, 2.24) is 19.9 Å². The third kappa shape index (κ3) is 5.92. The lowest BCUT2D eigenvalue weighted by molar-refractivity contribution is 0.670. The summed E-state index contributed by atoms with van der Waals surface area (Å²) in [6.45, 7) is 0. The van der Waals surface area contributed by atoms with E-state index in [9.17, 15) is 0 Å². The van der Waals surface area contributed by atoms with Crippen LogP contribution in [0.25, 0.3) is 131 Å². The Bertz CT molecular complexity index is 3880. The van der Waals surface area contributed by atoms with Crippen LogP contribution in [0.1, 0.15) is 0 Å². The Balaban J connectivity index is 0.899. The molecule has 64 heavy (non-hydrogen) atoms. The summed E-state index contributed by atoms with van der Waals surface area (Å²) in [6.07, 6.45) is 0. The summed E-state index contributed by atoms with van der Waals surface area (Å²) in [6, 6.07) is 72.0. The molecule has 0 atom stereocenters. The molecule has 0 fully saturated rings. The van der Waals surface area contributed by atoms with E-state index in [1.807, 2.05) is 84.1 Å². The summed E-state index contributed by atoms with van der Waals surface area (Å²) in [5.74, 6) is 1.88. The highest BCUT2D eigenvalue weighted by molar-refractivity contribution is 7.26. The smallest absolute Gasteiger partial charge is 0.164 e. The molecule has 0 aliphatic carbocycles. The van der Waals surface area contributed by atoms with Gasteiger partial charge in [0.2, 0.25) is 0 Å². The molecule has 0 spiro atoms. The van der Waals surface area contributed by atoms with Crippen molar-refractivity contribution in [1.29, 1.82) is 0 Å². The van der Waals surface area contributed by atoms with Crippen LogP contribution in [0, 0.1) is 0 Å². The van der Waals surface area contributed by atoms with Gasteiger partial charge in [-0.05, 0) is 47.0 Å². The molecule has 13 rings (SSSR count). The van der Waals surface area contributed by atoms with Gasteiger partial charge < -0.3 is 4.42 Å². The Morgan fingerprint density at radius 2 is 0.906 bits per heavy atom. The highest BCUT2D eigenvalue weighted by atomic mass is 32.1. The van der Waals surface area contributed by atoms with E-state index < -0.39 is 0 Å². The van der Waals surface area contributed by atoms with E-state index in [4.69, 9.17) is 24.4 Å². The van der Waals surface area contributed by atoms with Crippen molar-refractivity contribution in [3.63, 3.8) is 0 Å². The van der Waals surface area contributed by atoms with Crippen LogP contribution >= 0.6 is 11.3 Å². The lowest BCUT2D eigenvalue weighted by Gasteiger charge is -2.11. The average Bonchev–Trinajstić information content (AvgIpc) is 3.95. The number of fused-ring (bicyclic) bond motifs is 10. The monoisotopic (exact) mass is 834 g/mol. The van der Waals surface area contributed by atoms with Crippen molar-refractivity contribution in [2.45, 2.75) is 0 Å². The Labute approximate surface area is 371 Å². The van der Waals surface area contributed by atoms with E-state index >= 15 is 0 Å². The Morgan fingerprint density at radius 3 is 1.61 bits per heavy atom. The molecule has 4 heterocycles. The molecule has 0 saturated heterocycles. The number of aromatic nitrogens is 4. The summed E-state index contributed by atoms with van der Waals surface area (Å²) in [7, 11) is 0. The third-order valence-corrected chi connectivity index (χ3v) is 13.5. The predicted molar refractivity (Wildman–Crippen MR) is 265 cm³/mol. The quantitative estimate of drug-likeness (QED) is 0.156. The van der Waals surface area contributed by atoms with Crippen LogP contribution in [0.4, 0.5) is 0 Å². The van der Waals surface area contributed by atoms with Crippen molar-refractivity contribution >= 4 is 75.1 Å². The maximum atomic E-state index is 6.67. The van der Waals surface area contributed by atoms with Crippen LogP contribution in [0.5, 0.6) is 0 Å². The SMILES string of the molecule is c1ccc(-c2nc(-c3ccccc3)nc(-c3ccc4oc5c(-c6ccc(-c7cccc8c7sc7ccc9c(-c%10ccccc%10)nc%10ccccc%10c9c78)cc6)cccc5c4c3)n2)cc1. The number of thiophene rings is 1. The number of furan rings is 1. The molecule has 0 bridgehead atoms. The maximum Gasteiger partial charge on any atom is 0.164 e. The Hall–Kier alpha value is -8.32. The standard InChI is InChI=1S/C58H34N4OS/c1-4-14-37(15-5-1)53-45-31-33-50-52(51(45)44-20-10-11-25-48(44)59-53)46-24-13-22-42(55(46)64-50)36-28-26-35(27-29-36)41-21-12-23-43-47-34-40(30-32-49(47)63-54(41)43)58-61-56(38-16-6-2-7-17-38)60-57(62-58)39-18-8-3-9-19-39/h1-34H. The third-order valence-electron chi connectivity index (χ3n) is 12.3. The predicted octanol–water partition coefficient (Wildman–Crippen LogP) is 15.8. The van der Waals surface area contributed by atoms with Gasteiger partial charge in [0.05, 0.1) is 11.2 Å². The minimum Gasteiger partial charge on any atom is -0.455 e. The molecule has 0 radical (unpaired) electrons. The highest BCUT2D eigenvalue weighted by Crippen LogP contribution is 2.46. The van der Waals surface area contributed by atoms with E-state index in [2.05, 4.69) is 133 Å². The van der Waals surface area contributed by atoms with Gasteiger partial charge in [-0.25, -0.2) is 19.9 Å². The van der Waals surface area contributed by atoms with Crippen LogP contribution in [0.15, 0.2) is 211 Å². The number of benzene rings is 9. The minimum atomic E-state index is 0.611. The van der Waals surface area contributed by atoms with Gasteiger partial charge in [0.25, 0.3) is 0 Å². The van der Waals surface area contributed by atoms with Crippen LogP contribution < -0.4 is 0 Å². The average molecular weight is 835 g/mol. The summed E-state index contributed by atoms with van der Waals surface area (Å²) in [5, 5.41) is 8.20. The largest absolute Gasteiger partial charge is 0.455 e. The van der Waals surface area contributed by atoms with Gasteiger partial charge in [-0.1, -0.05) is 176 Å². The number of nitrogens with zero attached hydrogens (tertiary/aromatic N) is 4. The van der Waals surface area contributed by atoms with Crippen LogP contribution in [0.3, 0.4) is 0 Å². The van der Waals surface area contributed by atoms with Gasteiger partial charge in [0, 0.05) is 74.9 Å². The zero-order valence-corrected chi connectivity index (χ0v) is 35.1. The first kappa shape index (κ1) is 36.3. The highest BCUT2D eigenvalue weighted by Gasteiger charge is 2.20. The first-order chi connectivity index (χ1) is 31.7. The fourth-order valence-corrected chi connectivity index (χ4v) is 10.6. The molecule has 4 aromatic heterocycles. The molecule has 0 amide bonds. The van der Waals surface area contributed by atoms with Crippen molar-refractivity contribution in [2.24, 2.45) is 0 Å². The first-order valence-corrected chi connectivity index (χ1v) is 22.2. The lowest BCUT2D eigenvalue weighted by atomic mass is 9.95.